The molecule has 2 aromatic carbocycles. The third-order valence-corrected chi connectivity index (χ3v) is 3.61. The smallest absolute Gasteiger partial charge is 0.149 e. The van der Waals surface area contributed by atoms with Crippen LogP contribution in [0.1, 0.15) is 0 Å². The van der Waals surface area contributed by atoms with Crippen molar-refractivity contribution in [1.29, 1.82) is 0 Å². The first-order valence-electron chi connectivity index (χ1n) is 4.75. The molecule has 0 saturated carbocycles. The molecular weight excluding hydrogens is 337 g/mol. The SMILES string of the molecule is Clc1ccc(Oc2cc(Cl)cc(Cl)c2Cl)c(Cl)c1. The van der Waals surface area contributed by atoms with Crippen LogP contribution < -0.4 is 4.74 Å². The molecule has 0 aliphatic heterocycles. The molecule has 0 amide bonds. The zero-order valence-corrected chi connectivity index (χ0v) is 12.5. The van der Waals surface area contributed by atoms with E-state index in [1.807, 2.05) is 0 Å². The van der Waals surface area contributed by atoms with E-state index in [1.54, 1.807) is 24.3 Å². The average molecular weight is 342 g/mol. The van der Waals surface area contributed by atoms with Crippen molar-refractivity contribution in [3.8, 4) is 11.5 Å². The van der Waals surface area contributed by atoms with Gasteiger partial charge in [0.25, 0.3) is 0 Å². The summed E-state index contributed by atoms with van der Waals surface area (Å²) in [6.45, 7) is 0. The Morgan fingerprint density at radius 1 is 0.667 bits per heavy atom. The Labute approximate surface area is 129 Å². The Kier molecular flexibility index (Phi) is 4.52. The van der Waals surface area contributed by atoms with Gasteiger partial charge in [0.15, 0.2) is 0 Å². The molecule has 0 aromatic heterocycles. The maximum Gasteiger partial charge on any atom is 0.149 e. The number of rotatable bonds is 2. The molecule has 0 spiro atoms. The minimum Gasteiger partial charge on any atom is -0.454 e. The highest BCUT2D eigenvalue weighted by atomic mass is 35.5. The number of hydrogen-bond acceptors (Lipinski definition) is 1. The fourth-order valence-corrected chi connectivity index (χ4v) is 2.35. The lowest BCUT2D eigenvalue weighted by Crippen LogP contribution is -1.87. The van der Waals surface area contributed by atoms with E-state index in [-0.39, 0.29) is 5.02 Å². The molecule has 1 nitrogen and oxygen atoms in total. The molecule has 0 atom stereocenters. The summed E-state index contributed by atoms with van der Waals surface area (Å²) in [6, 6.07) is 7.94. The molecule has 0 fully saturated rings. The largest absolute Gasteiger partial charge is 0.454 e. The van der Waals surface area contributed by atoms with E-state index < -0.39 is 0 Å². The lowest BCUT2D eigenvalue weighted by Gasteiger charge is -2.10. The highest BCUT2D eigenvalue weighted by molar-refractivity contribution is 6.44. The van der Waals surface area contributed by atoms with Crippen LogP contribution in [0.5, 0.6) is 11.5 Å². The summed E-state index contributed by atoms with van der Waals surface area (Å²) >= 11 is 29.6. The van der Waals surface area contributed by atoms with Gasteiger partial charge in [0.2, 0.25) is 0 Å². The van der Waals surface area contributed by atoms with Crippen molar-refractivity contribution in [2.45, 2.75) is 0 Å². The Balaban J connectivity index is 2.40. The molecule has 0 saturated heterocycles. The van der Waals surface area contributed by atoms with Crippen LogP contribution in [0.15, 0.2) is 30.3 Å². The van der Waals surface area contributed by atoms with Crippen molar-refractivity contribution in [2.24, 2.45) is 0 Å². The van der Waals surface area contributed by atoms with Crippen LogP contribution in [0.2, 0.25) is 25.1 Å². The van der Waals surface area contributed by atoms with E-state index in [2.05, 4.69) is 0 Å². The molecule has 0 radical (unpaired) electrons. The van der Waals surface area contributed by atoms with Crippen LogP contribution in [0.4, 0.5) is 0 Å². The van der Waals surface area contributed by atoms with Gasteiger partial charge in [-0.3, -0.25) is 0 Å². The number of ether oxygens (including phenoxy) is 1. The summed E-state index contributed by atoms with van der Waals surface area (Å²) in [5.41, 5.74) is 0. The highest BCUT2D eigenvalue weighted by Crippen LogP contribution is 2.39. The summed E-state index contributed by atoms with van der Waals surface area (Å²) in [5.74, 6) is 0.750. The Morgan fingerprint density at radius 2 is 1.33 bits per heavy atom. The minimum absolute atomic E-state index is 0.270. The van der Waals surface area contributed by atoms with E-state index in [0.29, 0.717) is 31.6 Å². The Bertz CT molecular complexity index is 597. The third-order valence-electron chi connectivity index (χ3n) is 2.07. The molecule has 0 bridgehead atoms. The molecule has 18 heavy (non-hydrogen) atoms. The molecule has 2 aromatic rings. The standard InChI is InChI=1S/C12H5Cl5O/c13-6-1-2-10(8(15)3-6)18-11-5-7(14)4-9(16)12(11)17/h1-5H. The predicted octanol–water partition coefficient (Wildman–Crippen LogP) is 6.75. The maximum absolute atomic E-state index is 6.01. The summed E-state index contributed by atoms with van der Waals surface area (Å²) < 4.78 is 5.57. The van der Waals surface area contributed by atoms with Gasteiger partial charge in [-0.2, -0.15) is 0 Å². The number of halogens is 5. The summed E-state index contributed by atoms with van der Waals surface area (Å²) in [4.78, 5) is 0. The van der Waals surface area contributed by atoms with Crippen molar-refractivity contribution in [2.75, 3.05) is 0 Å². The van der Waals surface area contributed by atoms with Gasteiger partial charge in [0, 0.05) is 16.1 Å². The fourth-order valence-electron chi connectivity index (χ4n) is 1.28. The van der Waals surface area contributed by atoms with Crippen LogP contribution in [-0.4, -0.2) is 0 Å². The molecule has 2 rings (SSSR count). The minimum atomic E-state index is 0.270. The highest BCUT2D eigenvalue weighted by Gasteiger charge is 2.11. The molecule has 0 aliphatic rings. The van der Waals surface area contributed by atoms with Crippen molar-refractivity contribution in [3.63, 3.8) is 0 Å². The zero-order chi connectivity index (χ0) is 13.3. The lowest BCUT2D eigenvalue weighted by molar-refractivity contribution is 0.483. The summed E-state index contributed by atoms with van der Waals surface area (Å²) in [5, 5.41) is 1.89. The second-order valence-electron chi connectivity index (χ2n) is 3.38. The van der Waals surface area contributed by atoms with Gasteiger partial charge in [0.1, 0.15) is 16.5 Å². The van der Waals surface area contributed by atoms with E-state index in [4.69, 9.17) is 62.7 Å². The maximum atomic E-state index is 6.01. The van der Waals surface area contributed by atoms with Gasteiger partial charge < -0.3 is 4.74 Å². The number of hydrogen-bond donors (Lipinski definition) is 0. The summed E-state index contributed by atoms with van der Waals surface area (Å²) in [7, 11) is 0. The predicted molar refractivity (Wildman–Crippen MR) is 78.0 cm³/mol. The zero-order valence-electron chi connectivity index (χ0n) is 8.68. The van der Waals surface area contributed by atoms with Crippen LogP contribution in [0.25, 0.3) is 0 Å². The van der Waals surface area contributed by atoms with Crippen molar-refractivity contribution in [3.05, 3.63) is 55.4 Å². The van der Waals surface area contributed by atoms with Gasteiger partial charge >= 0.3 is 0 Å². The van der Waals surface area contributed by atoms with Crippen LogP contribution in [0.3, 0.4) is 0 Å². The Morgan fingerprint density at radius 3 is 2.00 bits per heavy atom. The fraction of sp³-hybridized carbons (Fsp3) is 0. The molecule has 94 valence electrons. The quantitative estimate of drug-likeness (QED) is 0.549. The topological polar surface area (TPSA) is 9.23 Å². The molecule has 0 unspecified atom stereocenters. The van der Waals surface area contributed by atoms with Gasteiger partial charge in [-0.1, -0.05) is 58.0 Å². The molecule has 6 heteroatoms. The van der Waals surface area contributed by atoms with Crippen molar-refractivity contribution in [1.82, 2.24) is 0 Å². The summed E-state index contributed by atoms with van der Waals surface area (Å²) in [6.07, 6.45) is 0. The monoisotopic (exact) mass is 340 g/mol. The van der Waals surface area contributed by atoms with Crippen LogP contribution in [0, 0.1) is 0 Å². The first kappa shape index (κ1) is 14.1. The molecule has 0 heterocycles. The average Bonchev–Trinajstić information content (AvgIpc) is 2.29. The molecular formula is C12H5Cl5O. The van der Waals surface area contributed by atoms with Crippen LogP contribution >= 0.6 is 58.0 Å². The lowest BCUT2D eigenvalue weighted by atomic mass is 10.3. The second kappa shape index (κ2) is 5.77. The van der Waals surface area contributed by atoms with E-state index in [0.717, 1.165) is 0 Å². The van der Waals surface area contributed by atoms with Gasteiger partial charge in [-0.25, -0.2) is 0 Å². The second-order valence-corrected chi connectivity index (χ2v) is 5.44. The van der Waals surface area contributed by atoms with Crippen molar-refractivity contribution < 1.29 is 4.74 Å². The molecule has 0 aliphatic carbocycles. The molecule has 0 N–H and O–H groups in total. The first-order valence-corrected chi connectivity index (χ1v) is 6.64. The van der Waals surface area contributed by atoms with Crippen molar-refractivity contribution >= 4 is 58.0 Å². The van der Waals surface area contributed by atoms with Crippen LogP contribution in [-0.2, 0) is 0 Å². The number of benzene rings is 2. The van der Waals surface area contributed by atoms with E-state index >= 15 is 0 Å². The van der Waals surface area contributed by atoms with Gasteiger partial charge in [-0.05, 0) is 24.3 Å². The van der Waals surface area contributed by atoms with E-state index in [1.165, 1.54) is 6.07 Å². The normalized spacial score (nSPS) is 10.5. The van der Waals surface area contributed by atoms with E-state index in [9.17, 15) is 0 Å². The van der Waals surface area contributed by atoms with Gasteiger partial charge in [-0.15, -0.1) is 0 Å². The first-order chi connectivity index (χ1) is 8.47. The third kappa shape index (κ3) is 3.17. The Hall–Kier alpha value is -0.310. The van der Waals surface area contributed by atoms with Gasteiger partial charge in [0.05, 0.1) is 10.0 Å².